The van der Waals surface area contributed by atoms with Crippen molar-refractivity contribution in [2.75, 3.05) is 19.6 Å². The van der Waals surface area contributed by atoms with Crippen LogP contribution in [0.1, 0.15) is 66.2 Å². The molecular formula is C22H39N3O3. The van der Waals surface area contributed by atoms with Crippen LogP contribution < -0.4 is 10.6 Å². The second-order valence-electron chi connectivity index (χ2n) is 9.70. The molecule has 1 saturated heterocycles. The number of urea groups is 1. The van der Waals surface area contributed by atoms with E-state index in [4.69, 9.17) is 0 Å². The normalized spacial score (nSPS) is 39.2. The van der Waals surface area contributed by atoms with Gasteiger partial charge >= 0.3 is 6.03 Å². The highest BCUT2D eigenvalue weighted by molar-refractivity contribution is 5.79. The van der Waals surface area contributed by atoms with Crippen molar-refractivity contribution in [2.24, 2.45) is 29.1 Å². The Hall–Kier alpha value is -1.30. The van der Waals surface area contributed by atoms with Gasteiger partial charge in [0.05, 0.1) is 6.10 Å². The molecule has 2 saturated carbocycles. The fourth-order valence-corrected chi connectivity index (χ4v) is 6.29. The minimum absolute atomic E-state index is 0.0110. The Balaban J connectivity index is 1.72. The van der Waals surface area contributed by atoms with E-state index in [-0.39, 0.29) is 47.1 Å². The van der Waals surface area contributed by atoms with E-state index in [1.165, 1.54) is 0 Å². The van der Waals surface area contributed by atoms with E-state index in [1.54, 1.807) is 0 Å². The highest BCUT2D eigenvalue weighted by Gasteiger charge is 2.54. The molecule has 6 nitrogen and oxygen atoms in total. The van der Waals surface area contributed by atoms with Crippen molar-refractivity contribution < 1.29 is 14.7 Å². The number of nitrogens with one attached hydrogen (secondary N) is 2. The Morgan fingerprint density at radius 3 is 2.50 bits per heavy atom. The van der Waals surface area contributed by atoms with Crippen molar-refractivity contribution >= 4 is 11.9 Å². The van der Waals surface area contributed by atoms with Crippen LogP contribution in [-0.2, 0) is 4.79 Å². The second-order valence-corrected chi connectivity index (χ2v) is 9.70. The quantitative estimate of drug-likeness (QED) is 0.687. The van der Waals surface area contributed by atoms with Crippen molar-refractivity contribution in [2.45, 2.75) is 78.4 Å². The molecule has 3 aliphatic rings. The van der Waals surface area contributed by atoms with Crippen LogP contribution in [0, 0.1) is 29.1 Å². The summed E-state index contributed by atoms with van der Waals surface area (Å²) in [5, 5.41) is 17.4. The first-order chi connectivity index (χ1) is 13.3. The molecule has 0 aromatic heterocycles. The van der Waals surface area contributed by atoms with E-state index in [0.717, 1.165) is 51.6 Å². The summed E-state index contributed by atoms with van der Waals surface area (Å²) < 4.78 is 0. The fraction of sp³-hybridized carbons (Fsp3) is 0.909. The number of hydrogen-bond donors (Lipinski definition) is 3. The minimum atomic E-state index is -0.492. The Morgan fingerprint density at radius 2 is 1.86 bits per heavy atom. The molecule has 0 radical (unpaired) electrons. The van der Waals surface area contributed by atoms with Crippen LogP contribution in [0.25, 0.3) is 0 Å². The molecular weight excluding hydrogens is 354 g/mol. The van der Waals surface area contributed by atoms with E-state index in [2.05, 4.69) is 24.5 Å². The first kappa shape index (κ1) is 21.4. The summed E-state index contributed by atoms with van der Waals surface area (Å²) in [6.45, 7) is 10.7. The Kier molecular flexibility index (Phi) is 6.58. The third-order valence-corrected chi connectivity index (χ3v) is 7.99. The summed E-state index contributed by atoms with van der Waals surface area (Å²) >= 11 is 0. The molecule has 1 aliphatic heterocycles. The monoisotopic (exact) mass is 393 g/mol. The van der Waals surface area contributed by atoms with Crippen molar-refractivity contribution in [3.8, 4) is 0 Å². The highest BCUT2D eigenvalue weighted by atomic mass is 16.3. The zero-order chi connectivity index (χ0) is 20.5. The predicted octanol–water partition coefficient (Wildman–Crippen LogP) is 2.76. The first-order valence-corrected chi connectivity index (χ1v) is 11.3. The fourth-order valence-electron chi connectivity index (χ4n) is 6.29. The molecule has 3 N–H and O–H groups in total. The van der Waals surface area contributed by atoms with Crippen molar-refractivity contribution in [3.63, 3.8) is 0 Å². The van der Waals surface area contributed by atoms with Gasteiger partial charge in [0.2, 0.25) is 5.91 Å². The molecule has 1 heterocycles. The molecule has 7 atom stereocenters. The van der Waals surface area contributed by atoms with Crippen molar-refractivity contribution in [1.29, 1.82) is 0 Å². The smallest absolute Gasteiger partial charge is 0.315 e. The molecule has 160 valence electrons. The lowest BCUT2D eigenvalue weighted by molar-refractivity contribution is -0.149. The van der Waals surface area contributed by atoms with Crippen LogP contribution in [0.5, 0.6) is 0 Å². The number of fused-ring (bicyclic) bond motifs is 1. The van der Waals surface area contributed by atoms with Crippen molar-refractivity contribution in [1.82, 2.24) is 15.5 Å². The minimum Gasteiger partial charge on any atom is -0.392 e. The van der Waals surface area contributed by atoms with Crippen LogP contribution in [0.15, 0.2) is 0 Å². The third kappa shape index (κ3) is 4.03. The van der Waals surface area contributed by atoms with Gasteiger partial charge in [-0.05, 0) is 68.6 Å². The average Bonchev–Trinajstić information content (AvgIpc) is 3.18. The SMILES string of the molecule is CCNC(=O)N[C@H]1CC[C@]2(C)CC[C@@H]([C@H](C)C(=O)N3CCCC3)[C@H](O)[C@H]2[C@@H]1C. The number of rotatable bonds is 4. The topological polar surface area (TPSA) is 81.7 Å². The van der Waals surface area contributed by atoms with Crippen LogP contribution in [-0.4, -0.2) is 53.7 Å². The summed E-state index contributed by atoms with van der Waals surface area (Å²) in [7, 11) is 0. The molecule has 2 aliphatic carbocycles. The number of hydrogen-bond acceptors (Lipinski definition) is 3. The van der Waals surface area contributed by atoms with E-state index >= 15 is 0 Å². The zero-order valence-corrected chi connectivity index (χ0v) is 18.0. The number of aliphatic hydroxyl groups is 1. The highest BCUT2D eigenvalue weighted by Crippen LogP contribution is 2.55. The number of carbonyl (C=O) groups excluding carboxylic acids is 2. The molecule has 3 amide bonds. The Bertz CT molecular complexity index is 577. The van der Waals surface area contributed by atoms with Gasteiger partial charge in [0, 0.05) is 31.6 Å². The molecule has 28 heavy (non-hydrogen) atoms. The zero-order valence-electron chi connectivity index (χ0n) is 18.0. The van der Waals surface area contributed by atoms with E-state index in [1.807, 2.05) is 18.7 Å². The van der Waals surface area contributed by atoms with Gasteiger partial charge in [0.25, 0.3) is 0 Å². The third-order valence-electron chi connectivity index (χ3n) is 7.99. The van der Waals surface area contributed by atoms with Gasteiger partial charge in [0.1, 0.15) is 0 Å². The Morgan fingerprint density at radius 1 is 1.21 bits per heavy atom. The molecule has 0 aromatic rings. The van der Waals surface area contributed by atoms with Gasteiger partial charge in [0.15, 0.2) is 0 Å². The molecule has 0 aromatic carbocycles. The first-order valence-electron chi connectivity index (χ1n) is 11.3. The molecule has 3 rings (SSSR count). The van der Waals surface area contributed by atoms with Gasteiger partial charge < -0.3 is 20.6 Å². The summed E-state index contributed by atoms with van der Waals surface area (Å²) in [5.41, 5.74) is 0.0885. The maximum atomic E-state index is 12.9. The predicted molar refractivity (Wildman–Crippen MR) is 110 cm³/mol. The lowest BCUT2D eigenvalue weighted by Gasteiger charge is -2.56. The molecule has 3 fully saturated rings. The van der Waals surface area contributed by atoms with Crippen LogP contribution in [0.4, 0.5) is 4.79 Å². The maximum Gasteiger partial charge on any atom is 0.315 e. The average molecular weight is 394 g/mol. The molecule has 0 bridgehead atoms. The van der Waals surface area contributed by atoms with Gasteiger partial charge in [-0.3, -0.25) is 4.79 Å². The largest absolute Gasteiger partial charge is 0.392 e. The number of aliphatic hydroxyl groups excluding tert-OH is 1. The van der Waals surface area contributed by atoms with Crippen molar-refractivity contribution in [3.05, 3.63) is 0 Å². The van der Waals surface area contributed by atoms with Gasteiger partial charge in [-0.2, -0.15) is 0 Å². The lowest BCUT2D eigenvalue weighted by Crippen LogP contribution is -2.59. The summed E-state index contributed by atoms with van der Waals surface area (Å²) in [6.07, 6.45) is 5.62. The number of carbonyl (C=O) groups is 2. The standard InChI is InChI=1S/C22H39N3O3/c1-5-23-21(28)24-17-9-11-22(4)10-8-16(19(26)18(22)15(17)3)14(2)20(27)25-12-6-7-13-25/h14-19,26H,5-13H2,1-4H3,(H2,23,24,28)/t14-,15+,16-,17-,18+,19-,22-/m0/s1. The number of likely N-dealkylation sites (tertiary alicyclic amines) is 1. The van der Waals surface area contributed by atoms with E-state index in [9.17, 15) is 14.7 Å². The number of nitrogens with zero attached hydrogens (tertiary/aromatic N) is 1. The molecule has 6 heteroatoms. The summed E-state index contributed by atoms with van der Waals surface area (Å²) in [4.78, 5) is 27.0. The summed E-state index contributed by atoms with van der Waals surface area (Å²) in [5.74, 6) is 0.387. The van der Waals surface area contributed by atoms with Crippen LogP contribution in [0.2, 0.25) is 0 Å². The van der Waals surface area contributed by atoms with E-state index < -0.39 is 6.10 Å². The molecule has 0 spiro atoms. The lowest BCUT2D eigenvalue weighted by atomic mass is 9.51. The number of amides is 3. The van der Waals surface area contributed by atoms with Crippen LogP contribution in [0.3, 0.4) is 0 Å². The van der Waals surface area contributed by atoms with E-state index in [0.29, 0.717) is 6.54 Å². The molecule has 0 unspecified atom stereocenters. The second kappa shape index (κ2) is 8.60. The van der Waals surface area contributed by atoms with Gasteiger partial charge in [-0.1, -0.05) is 20.8 Å². The maximum absolute atomic E-state index is 12.9. The van der Waals surface area contributed by atoms with Gasteiger partial charge in [-0.15, -0.1) is 0 Å². The van der Waals surface area contributed by atoms with Gasteiger partial charge in [-0.25, -0.2) is 4.79 Å². The van der Waals surface area contributed by atoms with Crippen LogP contribution >= 0.6 is 0 Å². The summed E-state index contributed by atoms with van der Waals surface area (Å²) in [6, 6.07) is -0.0509. The Labute approximate surface area is 169 Å².